The highest BCUT2D eigenvalue weighted by molar-refractivity contribution is 6.31. The zero-order chi connectivity index (χ0) is 16.2. The fourth-order valence-electron chi connectivity index (χ4n) is 2.15. The monoisotopic (exact) mass is 329 g/mol. The Balaban J connectivity index is 1.70. The van der Waals surface area contributed by atoms with E-state index in [0.717, 1.165) is 27.6 Å². The second kappa shape index (κ2) is 6.71. The highest BCUT2D eigenvalue weighted by Crippen LogP contribution is 2.24. The predicted octanol–water partition coefficient (Wildman–Crippen LogP) is 4.32. The van der Waals surface area contributed by atoms with Gasteiger partial charge in [-0.2, -0.15) is 0 Å². The number of halogens is 1. The van der Waals surface area contributed by atoms with Crippen LogP contribution in [0, 0.1) is 6.92 Å². The summed E-state index contributed by atoms with van der Waals surface area (Å²) in [5, 5.41) is 12.1. The van der Waals surface area contributed by atoms with Crippen molar-refractivity contribution >= 4 is 17.3 Å². The van der Waals surface area contributed by atoms with E-state index >= 15 is 0 Å². The molecule has 3 aromatic rings. The number of rotatable bonds is 5. The smallest absolute Gasteiger partial charge is 0.247 e. The van der Waals surface area contributed by atoms with Gasteiger partial charge in [0.15, 0.2) is 0 Å². The van der Waals surface area contributed by atoms with Gasteiger partial charge in [0.05, 0.1) is 13.7 Å². The van der Waals surface area contributed by atoms with Crippen molar-refractivity contribution in [1.82, 2.24) is 10.2 Å². The first-order valence-electron chi connectivity index (χ1n) is 7.13. The summed E-state index contributed by atoms with van der Waals surface area (Å²) in [5.41, 5.74) is 2.79. The number of benzene rings is 2. The Labute approximate surface area is 139 Å². The van der Waals surface area contributed by atoms with Gasteiger partial charge in [0.1, 0.15) is 5.75 Å². The van der Waals surface area contributed by atoms with E-state index in [-0.39, 0.29) is 0 Å². The first-order chi connectivity index (χ1) is 11.2. The van der Waals surface area contributed by atoms with Crippen LogP contribution in [0.3, 0.4) is 0 Å². The summed E-state index contributed by atoms with van der Waals surface area (Å²) < 4.78 is 10.8. The van der Waals surface area contributed by atoms with Crippen molar-refractivity contribution in [3.8, 4) is 17.2 Å². The summed E-state index contributed by atoms with van der Waals surface area (Å²) in [6, 6.07) is 13.2. The van der Waals surface area contributed by atoms with Gasteiger partial charge in [-0.1, -0.05) is 17.7 Å². The minimum Gasteiger partial charge on any atom is -0.497 e. The highest BCUT2D eigenvalue weighted by Gasteiger charge is 2.09. The van der Waals surface area contributed by atoms with Gasteiger partial charge in [-0.25, -0.2) is 0 Å². The molecule has 2 aromatic carbocycles. The Morgan fingerprint density at radius 3 is 2.65 bits per heavy atom. The summed E-state index contributed by atoms with van der Waals surface area (Å²) in [7, 11) is 1.63. The molecule has 0 fully saturated rings. The topological polar surface area (TPSA) is 60.2 Å². The highest BCUT2D eigenvalue weighted by atomic mass is 35.5. The van der Waals surface area contributed by atoms with Crippen molar-refractivity contribution in [2.45, 2.75) is 13.5 Å². The van der Waals surface area contributed by atoms with Gasteiger partial charge >= 0.3 is 0 Å². The van der Waals surface area contributed by atoms with Crippen molar-refractivity contribution in [2.75, 3.05) is 12.4 Å². The van der Waals surface area contributed by atoms with Gasteiger partial charge in [-0.15, -0.1) is 10.2 Å². The molecule has 1 aromatic heterocycles. The molecular formula is C17H16ClN3O2. The van der Waals surface area contributed by atoms with Crippen LogP contribution in [0.15, 0.2) is 46.9 Å². The van der Waals surface area contributed by atoms with Gasteiger partial charge in [0.2, 0.25) is 11.8 Å². The number of aromatic nitrogens is 2. The zero-order valence-corrected chi connectivity index (χ0v) is 13.6. The fraction of sp³-hybridized carbons (Fsp3) is 0.176. The minimum atomic E-state index is 0.435. The number of methoxy groups -OCH3 is 1. The number of nitrogens with one attached hydrogen (secondary N) is 1. The van der Waals surface area contributed by atoms with Crippen molar-refractivity contribution in [3.63, 3.8) is 0 Å². The van der Waals surface area contributed by atoms with Crippen molar-refractivity contribution in [2.24, 2.45) is 0 Å². The first-order valence-corrected chi connectivity index (χ1v) is 7.51. The normalized spacial score (nSPS) is 10.6. The summed E-state index contributed by atoms with van der Waals surface area (Å²) in [6.45, 7) is 2.39. The maximum Gasteiger partial charge on any atom is 0.247 e. The number of hydrogen-bond acceptors (Lipinski definition) is 5. The molecule has 23 heavy (non-hydrogen) atoms. The molecule has 0 atom stereocenters. The molecule has 118 valence electrons. The van der Waals surface area contributed by atoms with E-state index in [1.54, 1.807) is 7.11 Å². The lowest BCUT2D eigenvalue weighted by molar-refractivity contribution is 0.415. The third-order valence-electron chi connectivity index (χ3n) is 3.50. The number of nitrogens with zero attached hydrogens (tertiary/aromatic N) is 2. The largest absolute Gasteiger partial charge is 0.497 e. The van der Waals surface area contributed by atoms with Crippen LogP contribution in [0.4, 0.5) is 5.69 Å². The van der Waals surface area contributed by atoms with Crippen LogP contribution in [-0.4, -0.2) is 17.3 Å². The number of hydrogen-bond donors (Lipinski definition) is 1. The predicted molar refractivity (Wildman–Crippen MR) is 89.8 cm³/mol. The molecule has 0 spiro atoms. The van der Waals surface area contributed by atoms with E-state index in [9.17, 15) is 0 Å². The maximum atomic E-state index is 6.10. The molecular weight excluding hydrogens is 314 g/mol. The fourth-order valence-corrected chi connectivity index (χ4v) is 2.32. The van der Waals surface area contributed by atoms with E-state index in [1.807, 2.05) is 49.4 Å². The molecule has 0 saturated carbocycles. The van der Waals surface area contributed by atoms with Gasteiger partial charge in [0.25, 0.3) is 0 Å². The average Bonchev–Trinajstić information content (AvgIpc) is 3.05. The van der Waals surface area contributed by atoms with Crippen LogP contribution in [0.2, 0.25) is 5.02 Å². The Hall–Kier alpha value is -2.53. The molecule has 5 nitrogen and oxygen atoms in total. The molecule has 0 bridgehead atoms. The van der Waals surface area contributed by atoms with Gasteiger partial charge in [-0.05, 0) is 48.9 Å². The van der Waals surface area contributed by atoms with Crippen molar-refractivity contribution < 1.29 is 9.15 Å². The van der Waals surface area contributed by atoms with E-state index in [0.29, 0.717) is 18.3 Å². The van der Waals surface area contributed by atoms with Gasteiger partial charge in [-0.3, -0.25) is 0 Å². The molecule has 0 radical (unpaired) electrons. The molecule has 0 amide bonds. The number of ether oxygens (including phenoxy) is 1. The van der Waals surface area contributed by atoms with Crippen LogP contribution >= 0.6 is 11.6 Å². The molecule has 0 aliphatic rings. The number of anilines is 1. The van der Waals surface area contributed by atoms with Crippen LogP contribution < -0.4 is 10.1 Å². The van der Waals surface area contributed by atoms with E-state index < -0.39 is 0 Å². The lowest BCUT2D eigenvalue weighted by atomic mass is 10.2. The lowest BCUT2D eigenvalue weighted by Gasteiger charge is -2.08. The standard InChI is InChI=1S/C17H16ClN3O2/c1-11-14(18)4-3-5-15(11)19-10-16-20-21-17(23-16)12-6-8-13(22-2)9-7-12/h3-9,19H,10H2,1-2H3. The summed E-state index contributed by atoms with van der Waals surface area (Å²) in [6.07, 6.45) is 0. The van der Waals surface area contributed by atoms with Gasteiger partial charge < -0.3 is 14.5 Å². The minimum absolute atomic E-state index is 0.435. The molecule has 1 heterocycles. The third-order valence-corrected chi connectivity index (χ3v) is 3.91. The van der Waals surface area contributed by atoms with E-state index in [2.05, 4.69) is 15.5 Å². The molecule has 0 aliphatic carbocycles. The van der Waals surface area contributed by atoms with E-state index in [4.69, 9.17) is 20.8 Å². The van der Waals surface area contributed by atoms with Gasteiger partial charge in [0, 0.05) is 16.3 Å². The van der Waals surface area contributed by atoms with Crippen molar-refractivity contribution in [3.05, 3.63) is 58.9 Å². The molecule has 3 rings (SSSR count). The van der Waals surface area contributed by atoms with Crippen LogP contribution in [0.1, 0.15) is 11.5 Å². The third kappa shape index (κ3) is 3.46. The summed E-state index contributed by atoms with van der Waals surface area (Å²) in [4.78, 5) is 0. The Bertz CT molecular complexity index is 800. The van der Waals surface area contributed by atoms with Crippen molar-refractivity contribution in [1.29, 1.82) is 0 Å². The molecule has 0 aliphatic heterocycles. The Morgan fingerprint density at radius 2 is 1.91 bits per heavy atom. The summed E-state index contributed by atoms with van der Waals surface area (Å²) >= 11 is 6.10. The van der Waals surface area contributed by atoms with Crippen LogP contribution in [0.25, 0.3) is 11.5 Å². The second-order valence-electron chi connectivity index (χ2n) is 5.00. The van der Waals surface area contributed by atoms with E-state index in [1.165, 1.54) is 0 Å². The maximum absolute atomic E-state index is 6.10. The second-order valence-corrected chi connectivity index (χ2v) is 5.40. The average molecular weight is 330 g/mol. The molecule has 0 unspecified atom stereocenters. The first kappa shape index (κ1) is 15.4. The zero-order valence-electron chi connectivity index (χ0n) is 12.8. The quantitative estimate of drug-likeness (QED) is 0.755. The molecule has 6 heteroatoms. The molecule has 0 saturated heterocycles. The molecule has 1 N–H and O–H groups in total. The summed E-state index contributed by atoms with van der Waals surface area (Å²) in [5.74, 6) is 1.77. The SMILES string of the molecule is COc1ccc(-c2nnc(CNc3cccc(Cl)c3C)o2)cc1. The Morgan fingerprint density at radius 1 is 1.13 bits per heavy atom. The van der Waals surface area contributed by atoms with Crippen LogP contribution in [-0.2, 0) is 6.54 Å². The lowest BCUT2D eigenvalue weighted by Crippen LogP contribution is -2.01. The Kier molecular flexibility index (Phi) is 4.48. The van der Waals surface area contributed by atoms with Crippen LogP contribution in [0.5, 0.6) is 5.75 Å².